The van der Waals surface area contributed by atoms with Crippen LogP contribution >= 0.6 is 0 Å². The number of aldehydes is 1. The van der Waals surface area contributed by atoms with E-state index in [0.29, 0.717) is 0 Å². The van der Waals surface area contributed by atoms with E-state index in [1.54, 1.807) is 0 Å². The molecule has 6 heavy (non-hydrogen) atoms. The average molecular weight is 88.1 g/mol. The van der Waals surface area contributed by atoms with E-state index >= 15 is 0 Å². The van der Waals surface area contributed by atoms with Gasteiger partial charge in [-0.3, -0.25) is 4.79 Å². The summed E-state index contributed by atoms with van der Waals surface area (Å²) in [6.45, 7) is 3.03. The summed E-state index contributed by atoms with van der Waals surface area (Å²) in [7, 11) is 0. The Hall–Kier alpha value is -0.660. The van der Waals surface area contributed by atoms with Gasteiger partial charge in [0, 0.05) is 0 Å². The Labute approximate surface area is 35.5 Å². The maximum absolute atomic E-state index is 11.4. The number of hydrogen-bond donors (Lipinski definition) is 0. The van der Waals surface area contributed by atoms with Crippen LogP contribution in [0.4, 0.5) is 4.39 Å². The lowest BCUT2D eigenvalue weighted by Gasteiger charge is -1.79. The van der Waals surface area contributed by atoms with Crippen molar-refractivity contribution in [3.8, 4) is 0 Å². The highest BCUT2D eigenvalue weighted by Gasteiger charge is 1.90. The molecule has 34 valence electrons. The van der Waals surface area contributed by atoms with Crippen LogP contribution in [0.1, 0.15) is 0 Å². The molecule has 1 unspecified atom stereocenters. The Morgan fingerprint density at radius 2 is 2.33 bits per heavy atom. The van der Waals surface area contributed by atoms with Crippen molar-refractivity contribution in [2.45, 2.75) is 6.17 Å². The molecule has 0 amide bonds. The van der Waals surface area contributed by atoms with E-state index in [0.717, 1.165) is 6.08 Å². The van der Waals surface area contributed by atoms with Gasteiger partial charge in [0.2, 0.25) is 0 Å². The Morgan fingerprint density at radius 1 is 1.83 bits per heavy atom. The van der Waals surface area contributed by atoms with Gasteiger partial charge in [-0.1, -0.05) is 12.7 Å². The van der Waals surface area contributed by atoms with Gasteiger partial charge < -0.3 is 0 Å². The zero-order valence-electron chi connectivity index (χ0n) is 3.23. The van der Waals surface area contributed by atoms with Crippen LogP contribution in [0, 0.1) is 0 Å². The molecular formula is C4H5FO. The van der Waals surface area contributed by atoms with Crippen LogP contribution in [0.25, 0.3) is 0 Å². The van der Waals surface area contributed by atoms with Crippen molar-refractivity contribution in [1.82, 2.24) is 0 Å². The number of carbonyl (C=O) groups is 1. The van der Waals surface area contributed by atoms with Crippen LogP contribution in [0.5, 0.6) is 0 Å². The van der Waals surface area contributed by atoms with E-state index < -0.39 is 6.17 Å². The Balaban J connectivity index is 3.21. The van der Waals surface area contributed by atoms with Crippen molar-refractivity contribution >= 4 is 6.29 Å². The Morgan fingerprint density at radius 3 is 2.33 bits per heavy atom. The van der Waals surface area contributed by atoms with Crippen LogP contribution in [0.2, 0.25) is 0 Å². The largest absolute Gasteiger partial charge is 0.300 e. The third kappa shape index (κ3) is 1.64. The molecule has 0 fully saturated rings. The van der Waals surface area contributed by atoms with Crippen molar-refractivity contribution < 1.29 is 9.18 Å². The van der Waals surface area contributed by atoms with E-state index in [1.165, 1.54) is 0 Å². The van der Waals surface area contributed by atoms with Gasteiger partial charge in [0.25, 0.3) is 0 Å². The van der Waals surface area contributed by atoms with Crippen LogP contribution in [0.15, 0.2) is 12.7 Å². The maximum atomic E-state index is 11.4. The lowest BCUT2D eigenvalue weighted by molar-refractivity contribution is -0.110. The number of rotatable bonds is 2. The summed E-state index contributed by atoms with van der Waals surface area (Å²) >= 11 is 0. The maximum Gasteiger partial charge on any atom is 0.173 e. The van der Waals surface area contributed by atoms with Crippen molar-refractivity contribution in [3.63, 3.8) is 0 Å². The molecule has 1 nitrogen and oxygen atoms in total. The molecule has 1 atom stereocenters. The summed E-state index contributed by atoms with van der Waals surface area (Å²) in [5.74, 6) is 0. The highest BCUT2D eigenvalue weighted by atomic mass is 19.1. The Kier molecular flexibility index (Phi) is 2.29. The highest BCUT2D eigenvalue weighted by Crippen LogP contribution is 1.81. The van der Waals surface area contributed by atoms with Crippen LogP contribution in [-0.4, -0.2) is 12.5 Å². The van der Waals surface area contributed by atoms with Gasteiger partial charge >= 0.3 is 0 Å². The first-order chi connectivity index (χ1) is 2.81. The van der Waals surface area contributed by atoms with E-state index in [4.69, 9.17) is 0 Å². The number of halogens is 1. The first-order valence-corrected chi connectivity index (χ1v) is 1.53. The first kappa shape index (κ1) is 5.34. The molecule has 2 heteroatoms. The van der Waals surface area contributed by atoms with Crippen molar-refractivity contribution in [2.75, 3.05) is 0 Å². The van der Waals surface area contributed by atoms with Gasteiger partial charge in [-0.25, -0.2) is 4.39 Å². The smallest absolute Gasteiger partial charge is 0.173 e. The highest BCUT2D eigenvalue weighted by molar-refractivity contribution is 5.58. The molecule has 0 saturated heterocycles. The first-order valence-electron chi connectivity index (χ1n) is 1.53. The van der Waals surface area contributed by atoms with Crippen molar-refractivity contribution in [3.05, 3.63) is 12.7 Å². The molecule has 0 aromatic rings. The van der Waals surface area contributed by atoms with Gasteiger partial charge in [0.1, 0.15) is 0 Å². The average Bonchev–Trinajstić information content (AvgIpc) is 1.65. The molecular weight excluding hydrogens is 83.0 g/mol. The van der Waals surface area contributed by atoms with Gasteiger partial charge in [-0.15, -0.1) is 0 Å². The summed E-state index contributed by atoms with van der Waals surface area (Å²) in [6, 6.07) is 0. The lowest BCUT2D eigenvalue weighted by atomic mass is 10.4. The number of carbonyl (C=O) groups excluding carboxylic acids is 1. The van der Waals surface area contributed by atoms with Crippen molar-refractivity contribution in [2.24, 2.45) is 0 Å². The van der Waals surface area contributed by atoms with Crippen molar-refractivity contribution in [1.29, 1.82) is 0 Å². The minimum Gasteiger partial charge on any atom is -0.300 e. The summed E-state index contributed by atoms with van der Waals surface area (Å²) in [6.07, 6.45) is -0.356. The van der Waals surface area contributed by atoms with E-state index in [2.05, 4.69) is 6.58 Å². The molecule has 0 bridgehead atoms. The minimum absolute atomic E-state index is 0.188. The van der Waals surface area contributed by atoms with Gasteiger partial charge in [-0.05, 0) is 0 Å². The summed E-state index contributed by atoms with van der Waals surface area (Å²) in [5, 5.41) is 0. The molecule has 0 rings (SSSR count). The van der Waals surface area contributed by atoms with Gasteiger partial charge in [0.05, 0.1) is 0 Å². The zero-order chi connectivity index (χ0) is 4.99. The molecule has 0 aromatic carbocycles. The second-order valence-electron chi connectivity index (χ2n) is 0.816. The molecule has 0 aliphatic rings. The molecule has 0 aromatic heterocycles. The molecule has 0 spiro atoms. The lowest BCUT2D eigenvalue weighted by Crippen LogP contribution is -1.92. The third-order valence-corrected chi connectivity index (χ3v) is 0.355. The molecule has 0 radical (unpaired) electrons. The quantitative estimate of drug-likeness (QED) is 0.359. The molecule has 0 aliphatic carbocycles. The molecule has 0 N–H and O–H groups in total. The Bertz CT molecular complexity index is 52.6. The van der Waals surface area contributed by atoms with Gasteiger partial charge in [-0.2, -0.15) is 0 Å². The van der Waals surface area contributed by atoms with Crippen LogP contribution in [-0.2, 0) is 4.79 Å². The number of allylic oxidation sites excluding steroid dienone is 1. The predicted molar refractivity (Wildman–Crippen MR) is 21.2 cm³/mol. The second kappa shape index (κ2) is 2.57. The van der Waals surface area contributed by atoms with E-state index in [9.17, 15) is 9.18 Å². The molecule has 0 aliphatic heterocycles. The topological polar surface area (TPSA) is 17.1 Å². The fourth-order valence-electron chi connectivity index (χ4n) is 0.0556. The van der Waals surface area contributed by atoms with Crippen LogP contribution in [0.3, 0.4) is 0 Å². The zero-order valence-corrected chi connectivity index (χ0v) is 3.23. The fraction of sp³-hybridized carbons (Fsp3) is 0.250. The van der Waals surface area contributed by atoms with Crippen LogP contribution < -0.4 is 0 Å². The summed E-state index contributed by atoms with van der Waals surface area (Å²) in [4.78, 5) is 9.29. The normalized spacial score (nSPS) is 12.8. The number of hydrogen-bond acceptors (Lipinski definition) is 1. The second-order valence-corrected chi connectivity index (χ2v) is 0.816. The molecule has 0 heterocycles. The van der Waals surface area contributed by atoms with E-state index in [-0.39, 0.29) is 6.29 Å². The summed E-state index contributed by atoms with van der Waals surface area (Å²) in [5.41, 5.74) is 0. The summed E-state index contributed by atoms with van der Waals surface area (Å²) < 4.78 is 11.4. The van der Waals surface area contributed by atoms with E-state index in [1.807, 2.05) is 0 Å². The fourth-order valence-corrected chi connectivity index (χ4v) is 0.0556. The third-order valence-electron chi connectivity index (χ3n) is 0.355. The minimum atomic E-state index is -1.48. The number of alkyl halides is 1. The standard InChI is InChI=1S/C4H5FO/c1-2-4(5)3-6/h2-4H,1H2. The predicted octanol–water partition coefficient (Wildman–Crippen LogP) is 0.709. The monoisotopic (exact) mass is 88.0 g/mol. The SMILES string of the molecule is C=CC(F)C=O. The molecule has 0 saturated carbocycles. The van der Waals surface area contributed by atoms with Gasteiger partial charge in [0.15, 0.2) is 12.5 Å².